The molecule has 1 rings (SSSR count). The van der Waals surface area contributed by atoms with Crippen molar-refractivity contribution in [2.24, 2.45) is 0 Å². The Balaban J connectivity index is 0.00000144. The van der Waals surface area contributed by atoms with Crippen molar-refractivity contribution in [2.75, 3.05) is 13.7 Å². The van der Waals surface area contributed by atoms with Gasteiger partial charge >= 0.3 is 0 Å². The summed E-state index contributed by atoms with van der Waals surface area (Å²) in [6, 6.07) is 9.93. The highest BCUT2D eigenvalue weighted by Gasteiger charge is 2.22. The summed E-state index contributed by atoms with van der Waals surface area (Å²) in [4.78, 5) is 0. The van der Waals surface area contributed by atoms with Gasteiger partial charge in [0.2, 0.25) is 0 Å². The van der Waals surface area contributed by atoms with Gasteiger partial charge in [-0.1, -0.05) is 30.3 Å². The number of hydrogen-bond donors (Lipinski definition) is 2. The average Bonchev–Trinajstić information content (AvgIpc) is 2.18. The molecular weight excluding hydrogens is 186 g/mol. The van der Waals surface area contributed by atoms with E-state index in [0.717, 1.165) is 5.56 Å². The molecule has 1 aromatic rings. The van der Waals surface area contributed by atoms with Crippen LogP contribution in [0.3, 0.4) is 0 Å². The smallest absolute Gasteiger partial charge is 0.0652 e. The second-order valence-corrected chi connectivity index (χ2v) is 3.11. The van der Waals surface area contributed by atoms with Crippen LogP contribution in [0, 0.1) is 0 Å². The van der Waals surface area contributed by atoms with Gasteiger partial charge in [-0.25, -0.2) is 0 Å². The lowest BCUT2D eigenvalue weighted by atomic mass is 9.93. The molecule has 0 aliphatic carbocycles. The quantitative estimate of drug-likeness (QED) is 0.778. The Morgan fingerprint density at radius 3 is 2.23 bits per heavy atom. The molecule has 0 radical (unpaired) electrons. The van der Waals surface area contributed by atoms with Crippen molar-refractivity contribution in [1.82, 2.24) is 5.32 Å². The predicted octanol–water partition coefficient (Wildman–Crippen LogP) is 1.54. The fourth-order valence-electron chi connectivity index (χ4n) is 1.12. The molecule has 0 aromatic heterocycles. The second kappa shape index (κ2) is 5.22. The zero-order valence-electron chi connectivity index (χ0n) is 7.95. The van der Waals surface area contributed by atoms with Crippen molar-refractivity contribution in [3.63, 3.8) is 0 Å². The van der Waals surface area contributed by atoms with Crippen molar-refractivity contribution in [1.29, 1.82) is 0 Å². The van der Waals surface area contributed by atoms with Crippen LogP contribution in [0.5, 0.6) is 0 Å². The fraction of sp³-hybridized carbons (Fsp3) is 0.400. The molecule has 13 heavy (non-hydrogen) atoms. The summed E-state index contributed by atoms with van der Waals surface area (Å²) in [6.45, 7) is 2.08. The van der Waals surface area contributed by atoms with E-state index in [1.165, 1.54) is 0 Å². The molecule has 0 spiro atoms. The van der Waals surface area contributed by atoms with Crippen LogP contribution < -0.4 is 5.32 Å². The van der Waals surface area contributed by atoms with Crippen molar-refractivity contribution in [2.45, 2.75) is 12.5 Å². The molecule has 0 heterocycles. The van der Waals surface area contributed by atoms with E-state index < -0.39 is 0 Å². The molecule has 0 amide bonds. The monoisotopic (exact) mass is 201 g/mol. The Hall–Kier alpha value is -0.570. The molecule has 74 valence electrons. The standard InChI is InChI=1S/C10H15NO.ClH/c1-10(8-12,11-2)9-6-4-3-5-7-9;/h3-7,11-12H,8H2,1-2H3;1H. The number of aliphatic hydroxyl groups is 1. The van der Waals surface area contributed by atoms with Gasteiger partial charge in [0.05, 0.1) is 12.1 Å². The van der Waals surface area contributed by atoms with Gasteiger partial charge in [0, 0.05) is 0 Å². The maximum Gasteiger partial charge on any atom is 0.0652 e. The van der Waals surface area contributed by atoms with Crippen LogP contribution in [0.2, 0.25) is 0 Å². The van der Waals surface area contributed by atoms with E-state index in [1.807, 2.05) is 44.3 Å². The van der Waals surface area contributed by atoms with Gasteiger partial charge in [0.1, 0.15) is 0 Å². The Bertz CT molecular complexity index is 234. The SMILES string of the molecule is CNC(C)(CO)c1ccccc1.Cl. The summed E-state index contributed by atoms with van der Waals surface area (Å²) >= 11 is 0. The molecular formula is C10H16ClNO. The van der Waals surface area contributed by atoms with Crippen LogP contribution in [-0.4, -0.2) is 18.8 Å². The van der Waals surface area contributed by atoms with Crippen LogP contribution in [-0.2, 0) is 5.54 Å². The molecule has 0 aliphatic heterocycles. The van der Waals surface area contributed by atoms with E-state index in [2.05, 4.69) is 5.32 Å². The number of hydrogen-bond acceptors (Lipinski definition) is 2. The molecule has 3 heteroatoms. The summed E-state index contributed by atoms with van der Waals surface area (Å²) < 4.78 is 0. The first-order valence-corrected chi connectivity index (χ1v) is 4.08. The molecule has 1 unspecified atom stereocenters. The summed E-state index contributed by atoms with van der Waals surface area (Å²) in [5.74, 6) is 0. The minimum absolute atomic E-state index is 0. The first kappa shape index (κ1) is 12.4. The zero-order valence-corrected chi connectivity index (χ0v) is 8.77. The van der Waals surface area contributed by atoms with Crippen LogP contribution in [0.4, 0.5) is 0 Å². The van der Waals surface area contributed by atoms with Gasteiger partial charge in [-0.3, -0.25) is 0 Å². The van der Waals surface area contributed by atoms with Gasteiger partial charge in [0.15, 0.2) is 0 Å². The van der Waals surface area contributed by atoms with Crippen molar-refractivity contribution in [3.8, 4) is 0 Å². The lowest BCUT2D eigenvalue weighted by molar-refractivity contribution is 0.183. The number of benzene rings is 1. The molecule has 1 atom stereocenters. The zero-order chi connectivity index (χ0) is 9.03. The lowest BCUT2D eigenvalue weighted by Crippen LogP contribution is -2.40. The highest BCUT2D eigenvalue weighted by molar-refractivity contribution is 5.85. The van der Waals surface area contributed by atoms with E-state index in [0.29, 0.717) is 0 Å². The van der Waals surface area contributed by atoms with E-state index >= 15 is 0 Å². The predicted molar refractivity (Wildman–Crippen MR) is 57.2 cm³/mol. The molecule has 0 fully saturated rings. The Morgan fingerprint density at radius 1 is 1.31 bits per heavy atom. The van der Waals surface area contributed by atoms with E-state index in [9.17, 15) is 5.11 Å². The van der Waals surface area contributed by atoms with E-state index in [4.69, 9.17) is 0 Å². The van der Waals surface area contributed by atoms with Gasteiger partial charge in [-0.05, 0) is 19.5 Å². The number of likely N-dealkylation sites (N-methyl/N-ethyl adjacent to an activating group) is 1. The van der Waals surface area contributed by atoms with Gasteiger partial charge in [-0.2, -0.15) is 0 Å². The highest BCUT2D eigenvalue weighted by Crippen LogP contribution is 2.18. The van der Waals surface area contributed by atoms with Gasteiger partial charge in [-0.15, -0.1) is 12.4 Å². The largest absolute Gasteiger partial charge is 0.394 e. The van der Waals surface area contributed by atoms with Crippen LogP contribution in [0.1, 0.15) is 12.5 Å². The topological polar surface area (TPSA) is 32.3 Å². The molecule has 1 aromatic carbocycles. The van der Waals surface area contributed by atoms with E-state index in [1.54, 1.807) is 0 Å². The molecule has 2 N–H and O–H groups in total. The number of halogens is 1. The van der Waals surface area contributed by atoms with Crippen molar-refractivity contribution < 1.29 is 5.11 Å². The Morgan fingerprint density at radius 2 is 1.85 bits per heavy atom. The molecule has 0 saturated heterocycles. The maximum absolute atomic E-state index is 9.18. The molecule has 0 saturated carbocycles. The minimum Gasteiger partial charge on any atom is -0.394 e. The Labute approximate surface area is 85.4 Å². The third kappa shape index (κ3) is 2.69. The number of rotatable bonds is 3. The van der Waals surface area contributed by atoms with E-state index in [-0.39, 0.29) is 24.6 Å². The Kier molecular flexibility index (Phi) is 4.99. The van der Waals surface area contributed by atoms with Crippen molar-refractivity contribution >= 4 is 12.4 Å². The third-order valence-corrected chi connectivity index (χ3v) is 2.28. The summed E-state index contributed by atoms with van der Waals surface area (Å²) in [6.07, 6.45) is 0. The van der Waals surface area contributed by atoms with Gasteiger partial charge in [0.25, 0.3) is 0 Å². The molecule has 0 aliphatic rings. The highest BCUT2D eigenvalue weighted by atomic mass is 35.5. The van der Waals surface area contributed by atoms with Gasteiger partial charge < -0.3 is 10.4 Å². The first-order chi connectivity index (χ1) is 5.73. The second-order valence-electron chi connectivity index (χ2n) is 3.11. The lowest BCUT2D eigenvalue weighted by Gasteiger charge is -2.27. The maximum atomic E-state index is 9.18. The number of aliphatic hydroxyl groups excluding tert-OH is 1. The third-order valence-electron chi connectivity index (χ3n) is 2.28. The molecule has 0 bridgehead atoms. The van der Waals surface area contributed by atoms with Crippen LogP contribution >= 0.6 is 12.4 Å². The van der Waals surface area contributed by atoms with Crippen LogP contribution in [0.15, 0.2) is 30.3 Å². The average molecular weight is 202 g/mol. The normalized spacial score (nSPS) is 14.4. The molecule has 2 nitrogen and oxygen atoms in total. The summed E-state index contributed by atoms with van der Waals surface area (Å²) in [5, 5.41) is 12.3. The summed E-state index contributed by atoms with van der Waals surface area (Å²) in [5.41, 5.74) is 0.788. The minimum atomic E-state index is -0.318. The van der Waals surface area contributed by atoms with Crippen LogP contribution in [0.25, 0.3) is 0 Å². The van der Waals surface area contributed by atoms with Crippen molar-refractivity contribution in [3.05, 3.63) is 35.9 Å². The summed E-state index contributed by atoms with van der Waals surface area (Å²) in [7, 11) is 1.85. The first-order valence-electron chi connectivity index (χ1n) is 4.08. The fourth-order valence-corrected chi connectivity index (χ4v) is 1.12. The number of nitrogens with one attached hydrogen (secondary N) is 1.